The van der Waals surface area contributed by atoms with Gasteiger partial charge in [0.15, 0.2) is 0 Å². The molecule has 3 heteroatoms. The van der Waals surface area contributed by atoms with Crippen LogP contribution in [0, 0.1) is 0 Å². The van der Waals surface area contributed by atoms with E-state index in [-0.39, 0.29) is 6.04 Å². The lowest BCUT2D eigenvalue weighted by Crippen LogP contribution is -2.10. The molecule has 96 valence electrons. The van der Waals surface area contributed by atoms with Crippen LogP contribution >= 0.6 is 11.3 Å². The van der Waals surface area contributed by atoms with Crippen LogP contribution in [0.1, 0.15) is 17.2 Å². The van der Waals surface area contributed by atoms with Gasteiger partial charge in [-0.2, -0.15) is 11.3 Å². The molecule has 0 aliphatic rings. The maximum Gasteiger partial charge on any atom is 0.119 e. The Kier molecular flexibility index (Phi) is 3.23. The van der Waals surface area contributed by atoms with E-state index in [2.05, 4.69) is 41.1 Å². The quantitative estimate of drug-likeness (QED) is 0.781. The van der Waals surface area contributed by atoms with Crippen LogP contribution < -0.4 is 10.5 Å². The van der Waals surface area contributed by atoms with Gasteiger partial charge in [-0.15, -0.1) is 0 Å². The highest BCUT2D eigenvalue weighted by atomic mass is 32.1. The molecule has 0 aliphatic carbocycles. The first-order valence-electron chi connectivity index (χ1n) is 6.13. The zero-order valence-electron chi connectivity index (χ0n) is 10.7. The van der Waals surface area contributed by atoms with E-state index in [4.69, 9.17) is 10.5 Å². The van der Waals surface area contributed by atoms with Crippen LogP contribution in [0.15, 0.2) is 53.2 Å². The molecule has 2 aromatic carbocycles. The largest absolute Gasteiger partial charge is 0.497 e. The second kappa shape index (κ2) is 5.03. The molecule has 3 rings (SSSR count). The van der Waals surface area contributed by atoms with Gasteiger partial charge in [-0.1, -0.05) is 18.2 Å². The third-order valence-corrected chi connectivity index (χ3v) is 4.03. The van der Waals surface area contributed by atoms with Gasteiger partial charge in [0.25, 0.3) is 0 Å². The van der Waals surface area contributed by atoms with Crippen LogP contribution in [0.5, 0.6) is 5.75 Å². The number of hydrogen-bond acceptors (Lipinski definition) is 3. The van der Waals surface area contributed by atoms with E-state index < -0.39 is 0 Å². The fraction of sp³-hybridized carbons (Fsp3) is 0.125. The van der Waals surface area contributed by atoms with Crippen molar-refractivity contribution in [2.75, 3.05) is 7.11 Å². The summed E-state index contributed by atoms with van der Waals surface area (Å²) in [6, 6.07) is 14.4. The fourth-order valence-electron chi connectivity index (χ4n) is 2.21. The molecule has 0 spiro atoms. The van der Waals surface area contributed by atoms with Gasteiger partial charge in [-0.25, -0.2) is 0 Å². The first-order chi connectivity index (χ1) is 9.28. The minimum Gasteiger partial charge on any atom is -0.497 e. The van der Waals surface area contributed by atoms with Crippen LogP contribution in [-0.2, 0) is 0 Å². The highest BCUT2D eigenvalue weighted by molar-refractivity contribution is 7.08. The lowest BCUT2D eigenvalue weighted by Gasteiger charge is -2.12. The van der Waals surface area contributed by atoms with E-state index in [9.17, 15) is 0 Å². The van der Waals surface area contributed by atoms with Gasteiger partial charge in [0.1, 0.15) is 5.75 Å². The lowest BCUT2D eigenvalue weighted by molar-refractivity contribution is 0.415. The van der Waals surface area contributed by atoms with Crippen LogP contribution in [-0.4, -0.2) is 7.11 Å². The normalized spacial score (nSPS) is 12.5. The van der Waals surface area contributed by atoms with E-state index in [1.54, 1.807) is 18.4 Å². The summed E-state index contributed by atoms with van der Waals surface area (Å²) in [6.45, 7) is 0. The maximum atomic E-state index is 6.29. The summed E-state index contributed by atoms with van der Waals surface area (Å²) in [5, 5.41) is 6.51. The number of benzene rings is 2. The number of hydrogen-bond donors (Lipinski definition) is 1. The summed E-state index contributed by atoms with van der Waals surface area (Å²) in [4.78, 5) is 0. The van der Waals surface area contributed by atoms with Gasteiger partial charge < -0.3 is 10.5 Å². The van der Waals surface area contributed by atoms with Crippen LogP contribution in [0.3, 0.4) is 0 Å². The number of fused-ring (bicyclic) bond motifs is 1. The van der Waals surface area contributed by atoms with Gasteiger partial charge in [0.2, 0.25) is 0 Å². The first kappa shape index (κ1) is 12.2. The summed E-state index contributed by atoms with van der Waals surface area (Å²) in [7, 11) is 1.68. The zero-order valence-corrected chi connectivity index (χ0v) is 11.5. The zero-order chi connectivity index (χ0) is 13.2. The molecule has 0 fully saturated rings. The second-order valence-electron chi connectivity index (χ2n) is 4.51. The number of ether oxygens (including phenoxy) is 1. The maximum absolute atomic E-state index is 6.29. The van der Waals surface area contributed by atoms with Crippen LogP contribution in [0.2, 0.25) is 0 Å². The predicted octanol–water partition coefficient (Wildman–Crippen LogP) is 3.96. The van der Waals surface area contributed by atoms with Crippen molar-refractivity contribution in [1.82, 2.24) is 0 Å². The fourth-order valence-corrected chi connectivity index (χ4v) is 2.90. The molecule has 0 amide bonds. The standard InChI is InChI=1S/C16H15NOS/c1-18-15-5-4-11-8-13(3-2-12(11)9-15)16(17)14-6-7-19-10-14/h2-10,16H,17H2,1H3/t16-/m1/s1. The Morgan fingerprint density at radius 1 is 1.00 bits per heavy atom. The topological polar surface area (TPSA) is 35.2 Å². The average molecular weight is 269 g/mol. The minimum atomic E-state index is -0.0576. The molecule has 0 bridgehead atoms. The van der Waals surface area contributed by atoms with Crippen molar-refractivity contribution in [3.05, 3.63) is 64.4 Å². The smallest absolute Gasteiger partial charge is 0.119 e. The van der Waals surface area contributed by atoms with E-state index in [0.717, 1.165) is 16.9 Å². The first-order valence-corrected chi connectivity index (χ1v) is 7.07. The summed E-state index contributed by atoms with van der Waals surface area (Å²) in [5.41, 5.74) is 8.59. The Hall–Kier alpha value is -1.84. The van der Waals surface area contributed by atoms with E-state index >= 15 is 0 Å². The number of nitrogens with two attached hydrogens (primary N) is 1. The van der Waals surface area contributed by atoms with Crippen molar-refractivity contribution in [1.29, 1.82) is 0 Å². The number of methoxy groups -OCH3 is 1. The van der Waals surface area contributed by atoms with Crippen molar-refractivity contribution in [2.24, 2.45) is 5.73 Å². The van der Waals surface area contributed by atoms with E-state index in [0.29, 0.717) is 0 Å². The van der Waals surface area contributed by atoms with Gasteiger partial charge in [0.05, 0.1) is 13.2 Å². The third kappa shape index (κ3) is 2.35. The molecule has 0 saturated carbocycles. The van der Waals surface area contributed by atoms with E-state index in [1.807, 2.05) is 12.1 Å². The molecule has 2 N–H and O–H groups in total. The molecular formula is C16H15NOS. The summed E-state index contributed by atoms with van der Waals surface area (Å²) in [5.74, 6) is 0.877. The predicted molar refractivity (Wildman–Crippen MR) is 80.8 cm³/mol. The molecule has 19 heavy (non-hydrogen) atoms. The summed E-state index contributed by atoms with van der Waals surface area (Å²) >= 11 is 1.67. The molecule has 0 saturated heterocycles. The molecule has 0 radical (unpaired) electrons. The molecule has 1 atom stereocenters. The molecule has 0 aliphatic heterocycles. The summed E-state index contributed by atoms with van der Waals surface area (Å²) < 4.78 is 5.24. The monoisotopic (exact) mass is 269 g/mol. The number of rotatable bonds is 3. The molecule has 1 aromatic heterocycles. The van der Waals surface area contributed by atoms with Crippen molar-refractivity contribution in [2.45, 2.75) is 6.04 Å². The Labute approximate surface area is 116 Å². The van der Waals surface area contributed by atoms with Crippen molar-refractivity contribution in [3.63, 3.8) is 0 Å². The highest BCUT2D eigenvalue weighted by Gasteiger charge is 2.09. The van der Waals surface area contributed by atoms with Crippen LogP contribution in [0.25, 0.3) is 10.8 Å². The van der Waals surface area contributed by atoms with Crippen molar-refractivity contribution < 1.29 is 4.74 Å². The molecular weight excluding hydrogens is 254 g/mol. The average Bonchev–Trinajstić information content (AvgIpc) is 2.99. The third-order valence-electron chi connectivity index (χ3n) is 3.33. The SMILES string of the molecule is COc1ccc2cc([C@@H](N)c3ccsc3)ccc2c1. The van der Waals surface area contributed by atoms with Gasteiger partial charge in [0, 0.05) is 0 Å². The van der Waals surface area contributed by atoms with Crippen LogP contribution in [0.4, 0.5) is 0 Å². The molecule has 1 heterocycles. The lowest BCUT2D eigenvalue weighted by atomic mass is 9.99. The Morgan fingerprint density at radius 3 is 2.53 bits per heavy atom. The summed E-state index contributed by atoms with van der Waals surface area (Å²) in [6.07, 6.45) is 0. The van der Waals surface area contributed by atoms with Gasteiger partial charge in [-0.3, -0.25) is 0 Å². The van der Waals surface area contributed by atoms with Gasteiger partial charge >= 0.3 is 0 Å². The molecule has 0 unspecified atom stereocenters. The van der Waals surface area contributed by atoms with Crippen molar-refractivity contribution >= 4 is 22.1 Å². The Bertz CT molecular complexity index is 691. The second-order valence-corrected chi connectivity index (χ2v) is 5.29. The number of thiophene rings is 1. The Balaban J connectivity index is 2.02. The highest BCUT2D eigenvalue weighted by Crippen LogP contribution is 2.27. The van der Waals surface area contributed by atoms with Gasteiger partial charge in [-0.05, 0) is 56.9 Å². The molecule has 2 nitrogen and oxygen atoms in total. The van der Waals surface area contributed by atoms with Crippen molar-refractivity contribution in [3.8, 4) is 5.75 Å². The Morgan fingerprint density at radius 2 is 1.79 bits per heavy atom. The van der Waals surface area contributed by atoms with E-state index in [1.165, 1.54) is 10.8 Å². The minimum absolute atomic E-state index is 0.0576. The molecule has 3 aromatic rings.